The van der Waals surface area contributed by atoms with Gasteiger partial charge >= 0.3 is 5.97 Å². The fourth-order valence-corrected chi connectivity index (χ4v) is 8.14. The minimum absolute atomic E-state index is 0.0136. The standard InChI is InChI=1S/C25H30FNO4/c1-23-10-9-20(29)27-19(23)13-18(28)21-15(23)7-11-24(2)16(21)8-12-25(24,22(30)31)14-5-3-4-6-17(14)26/h3-6,15-16,19,21H,7-13H2,1-2H3,(H,27,29)(H,30,31)/t15-,16+,19?,21-,23-,24+,25?/m1/s1. The lowest BCUT2D eigenvalue weighted by Crippen LogP contribution is -2.64. The van der Waals surface area contributed by atoms with E-state index in [1.54, 1.807) is 18.2 Å². The van der Waals surface area contributed by atoms with Gasteiger partial charge in [-0.05, 0) is 60.8 Å². The van der Waals surface area contributed by atoms with Crippen LogP contribution in [0.25, 0.3) is 0 Å². The van der Waals surface area contributed by atoms with Crippen LogP contribution in [0.3, 0.4) is 0 Å². The molecule has 2 unspecified atom stereocenters. The molecule has 1 amide bonds. The first-order chi connectivity index (χ1) is 14.6. The zero-order valence-electron chi connectivity index (χ0n) is 18.1. The number of benzene rings is 1. The summed E-state index contributed by atoms with van der Waals surface area (Å²) < 4.78 is 14.9. The maximum Gasteiger partial charge on any atom is 0.314 e. The molecule has 1 aromatic rings. The molecule has 166 valence electrons. The summed E-state index contributed by atoms with van der Waals surface area (Å²) in [7, 11) is 0. The zero-order valence-corrected chi connectivity index (χ0v) is 18.1. The first-order valence-corrected chi connectivity index (χ1v) is 11.5. The fraction of sp³-hybridized carbons (Fsp3) is 0.640. The third kappa shape index (κ3) is 2.50. The number of halogens is 1. The van der Waals surface area contributed by atoms with Crippen LogP contribution in [-0.2, 0) is 19.8 Å². The minimum Gasteiger partial charge on any atom is -0.481 e. The normalized spacial score (nSPS) is 44.1. The van der Waals surface area contributed by atoms with Crippen molar-refractivity contribution >= 4 is 17.7 Å². The Bertz CT molecular complexity index is 978. The summed E-state index contributed by atoms with van der Waals surface area (Å²) in [5.41, 5.74) is -1.92. The van der Waals surface area contributed by atoms with Crippen molar-refractivity contribution in [3.05, 3.63) is 35.6 Å². The lowest BCUT2D eigenvalue weighted by Gasteiger charge is -2.60. The van der Waals surface area contributed by atoms with Crippen LogP contribution in [0.1, 0.15) is 64.4 Å². The van der Waals surface area contributed by atoms with Crippen LogP contribution in [0, 0.1) is 34.4 Å². The monoisotopic (exact) mass is 427 g/mol. The third-order valence-electron chi connectivity index (χ3n) is 9.81. The molecule has 3 aliphatic carbocycles. The number of nitrogens with one attached hydrogen (secondary N) is 1. The number of amides is 1. The van der Waals surface area contributed by atoms with Crippen molar-refractivity contribution in [1.82, 2.24) is 5.32 Å². The molecule has 5 nitrogen and oxygen atoms in total. The topological polar surface area (TPSA) is 83.5 Å². The van der Waals surface area contributed by atoms with Crippen molar-refractivity contribution in [2.45, 2.75) is 70.3 Å². The second-order valence-electron chi connectivity index (χ2n) is 10.7. The van der Waals surface area contributed by atoms with Crippen LogP contribution in [0.2, 0.25) is 0 Å². The first kappa shape index (κ1) is 20.7. The van der Waals surface area contributed by atoms with Crippen LogP contribution in [0.15, 0.2) is 24.3 Å². The molecular formula is C25H30FNO4. The van der Waals surface area contributed by atoms with Crippen LogP contribution in [0.5, 0.6) is 0 Å². The van der Waals surface area contributed by atoms with Crippen molar-refractivity contribution in [2.24, 2.45) is 28.6 Å². The Labute approximate surface area is 181 Å². The van der Waals surface area contributed by atoms with Crippen molar-refractivity contribution in [2.75, 3.05) is 0 Å². The number of carbonyl (C=O) groups is 3. The Kier molecular flexibility index (Phi) is 4.42. The van der Waals surface area contributed by atoms with Gasteiger partial charge in [0.2, 0.25) is 5.91 Å². The summed E-state index contributed by atoms with van der Waals surface area (Å²) >= 11 is 0. The summed E-state index contributed by atoms with van der Waals surface area (Å²) in [4.78, 5) is 38.2. The lowest BCUT2D eigenvalue weighted by atomic mass is 9.44. The van der Waals surface area contributed by atoms with Gasteiger partial charge in [0.05, 0.1) is 0 Å². The molecule has 31 heavy (non-hydrogen) atoms. The van der Waals surface area contributed by atoms with E-state index in [2.05, 4.69) is 12.2 Å². The molecule has 4 aliphatic rings. The third-order valence-corrected chi connectivity index (χ3v) is 9.81. The van der Waals surface area contributed by atoms with E-state index >= 15 is 0 Å². The average Bonchev–Trinajstić information content (AvgIpc) is 3.03. The van der Waals surface area contributed by atoms with Gasteiger partial charge in [0.1, 0.15) is 17.0 Å². The minimum atomic E-state index is -1.33. The molecule has 5 rings (SSSR count). The molecule has 4 fully saturated rings. The van der Waals surface area contributed by atoms with E-state index in [1.165, 1.54) is 6.07 Å². The van der Waals surface area contributed by atoms with E-state index in [0.29, 0.717) is 32.1 Å². The van der Waals surface area contributed by atoms with Crippen LogP contribution < -0.4 is 5.32 Å². The van der Waals surface area contributed by atoms with Gasteiger partial charge in [0.15, 0.2) is 0 Å². The number of ketones is 1. The highest BCUT2D eigenvalue weighted by Gasteiger charge is 2.70. The summed E-state index contributed by atoms with van der Waals surface area (Å²) in [6.45, 7) is 4.17. The number of piperidine rings is 1. The largest absolute Gasteiger partial charge is 0.481 e. The molecule has 2 N–H and O–H groups in total. The number of carboxylic acid groups (broad SMARTS) is 1. The molecule has 0 spiro atoms. The van der Waals surface area contributed by atoms with Crippen molar-refractivity contribution in [1.29, 1.82) is 0 Å². The number of aliphatic carboxylic acids is 1. The van der Waals surface area contributed by atoms with E-state index in [9.17, 15) is 23.9 Å². The molecule has 1 aromatic carbocycles. The molecule has 1 heterocycles. The molecule has 3 saturated carbocycles. The quantitative estimate of drug-likeness (QED) is 0.751. The summed E-state index contributed by atoms with van der Waals surface area (Å²) in [5.74, 6) is -1.50. The van der Waals surface area contributed by atoms with Gasteiger partial charge in [-0.15, -0.1) is 0 Å². The summed E-state index contributed by atoms with van der Waals surface area (Å²) in [6, 6.07) is 6.10. The average molecular weight is 428 g/mol. The Morgan fingerprint density at radius 1 is 1.10 bits per heavy atom. The smallest absolute Gasteiger partial charge is 0.314 e. The SMILES string of the molecule is C[C@]12CCC(=O)NC1CC(=O)[C@@H]1[C@H]2CC[C@@]2(C)[C@H]1CCC2(C(=O)O)c1ccccc1F. The Hall–Kier alpha value is -2.24. The van der Waals surface area contributed by atoms with E-state index in [0.717, 1.165) is 12.8 Å². The predicted molar refractivity (Wildman–Crippen MR) is 112 cm³/mol. The molecule has 0 bridgehead atoms. The zero-order chi connectivity index (χ0) is 22.2. The number of hydrogen-bond acceptors (Lipinski definition) is 3. The second-order valence-corrected chi connectivity index (χ2v) is 10.7. The number of carboxylic acids is 1. The van der Waals surface area contributed by atoms with Crippen LogP contribution in [0.4, 0.5) is 4.39 Å². The predicted octanol–water partition coefficient (Wildman–Crippen LogP) is 3.85. The van der Waals surface area contributed by atoms with Gasteiger partial charge in [0, 0.05) is 30.4 Å². The summed E-state index contributed by atoms with van der Waals surface area (Å²) in [6.07, 6.45) is 3.88. The van der Waals surface area contributed by atoms with Gasteiger partial charge in [0.25, 0.3) is 0 Å². The van der Waals surface area contributed by atoms with E-state index in [-0.39, 0.29) is 46.5 Å². The fourth-order valence-electron chi connectivity index (χ4n) is 8.14. The molecule has 0 radical (unpaired) electrons. The molecule has 6 heteroatoms. The lowest BCUT2D eigenvalue weighted by molar-refractivity contribution is -0.163. The van der Waals surface area contributed by atoms with Crippen molar-refractivity contribution in [3.8, 4) is 0 Å². The Balaban J connectivity index is 1.59. The van der Waals surface area contributed by atoms with Gasteiger partial charge < -0.3 is 10.4 Å². The highest BCUT2D eigenvalue weighted by molar-refractivity contribution is 5.88. The number of Topliss-reactive ketones (excluding diaryl/α,β-unsaturated/α-hetero) is 1. The van der Waals surface area contributed by atoms with Gasteiger partial charge in [-0.1, -0.05) is 32.0 Å². The molecule has 1 saturated heterocycles. The number of hydrogen-bond donors (Lipinski definition) is 2. The summed E-state index contributed by atoms with van der Waals surface area (Å²) in [5, 5.41) is 13.5. The van der Waals surface area contributed by atoms with Crippen LogP contribution in [-0.4, -0.2) is 28.8 Å². The van der Waals surface area contributed by atoms with E-state index < -0.39 is 22.6 Å². The maximum atomic E-state index is 14.9. The van der Waals surface area contributed by atoms with Crippen molar-refractivity contribution in [3.63, 3.8) is 0 Å². The maximum absolute atomic E-state index is 14.9. The van der Waals surface area contributed by atoms with Crippen molar-refractivity contribution < 1.29 is 23.9 Å². The van der Waals surface area contributed by atoms with Crippen LogP contribution >= 0.6 is 0 Å². The Morgan fingerprint density at radius 2 is 1.81 bits per heavy atom. The van der Waals surface area contributed by atoms with E-state index in [4.69, 9.17) is 0 Å². The second kappa shape index (κ2) is 6.63. The highest BCUT2D eigenvalue weighted by atomic mass is 19.1. The van der Waals surface area contributed by atoms with Gasteiger partial charge in [-0.25, -0.2) is 4.39 Å². The molecular weight excluding hydrogens is 397 g/mol. The first-order valence-electron chi connectivity index (χ1n) is 11.5. The van der Waals surface area contributed by atoms with Gasteiger partial charge in [-0.2, -0.15) is 0 Å². The molecule has 1 aliphatic heterocycles. The number of carbonyl (C=O) groups excluding carboxylic acids is 2. The molecule has 0 aromatic heterocycles. The number of rotatable bonds is 2. The highest BCUT2D eigenvalue weighted by Crippen LogP contribution is 2.69. The Morgan fingerprint density at radius 3 is 2.52 bits per heavy atom. The number of fused-ring (bicyclic) bond motifs is 5. The van der Waals surface area contributed by atoms with Gasteiger partial charge in [-0.3, -0.25) is 14.4 Å². The molecule has 7 atom stereocenters. The van der Waals surface area contributed by atoms with E-state index in [1.807, 2.05) is 6.92 Å².